The summed E-state index contributed by atoms with van der Waals surface area (Å²) in [6, 6.07) is 4.05. The van der Waals surface area contributed by atoms with Crippen LogP contribution in [0.1, 0.15) is 30.1 Å². The fraction of sp³-hybridized carbons (Fsp3) is 0.611. The van der Waals surface area contributed by atoms with E-state index in [1.807, 2.05) is 4.90 Å². The monoisotopic (exact) mass is 400 g/mol. The molecule has 0 bridgehead atoms. The number of nitro groups is 1. The van der Waals surface area contributed by atoms with Crippen LogP contribution in [0.3, 0.4) is 0 Å². The molecule has 3 rings (SSSR count). The maximum absolute atomic E-state index is 12.8. The van der Waals surface area contributed by atoms with E-state index in [2.05, 4.69) is 0 Å². The minimum atomic E-state index is -4.25. The highest BCUT2D eigenvalue weighted by atomic mass is 19.4. The van der Waals surface area contributed by atoms with Gasteiger partial charge >= 0.3 is 6.18 Å². The maximum atomic E-state index is 12.8. The van der Waals surface area contributed by atoms with Crippen molar-refractivity contribution < 1.29 is 22.9 Å². The zero-order valence-electron chi connectivity index (χ0n) is 15.6. The number of halogens is 3. The number of nitro benzene ring substituents is 1. The van der Waals surface area contributed by atoms with Gasteiger partial charge in [0.2, 0.25) is 0 Å². The standard InChI is InChI=1S/C18H23F3N4O3/c1-13-11-23(8-9-24(13)12-18(19,20)21)14-4-5-16(25(27)28)15(10-14)17(26)22-6-2-3-7-22/h4-5,10,13H,2-3,6-9,11-12H2,1H3. The van der Waals surface area contributed by atoms with E-state index in [0.717, 1.165) is 12.8 Å². The Hall–Kier alpha value is -2.36. The highest BCUT2D eigenvalue weighted by molar-refractivity contribution is 5.99. The maximum Gasteiger partial charge on any atom is 0.401 e. The summed E-state index contributed by atoms with van der Waals surface area (Å²) in [4.78, 5) is 28.4. The second-order valence-electron chi connectivity index (χ2n) is 7.34. The number of piperazine rings is 1. The lowest BCUT2D eigenvalue weighted by atomic mass is 10.1. The molecule has 2 heterocycles. The molecule has 0 saturated carbocycles. The Labute approximate surface area is 160 Å². The topological polar surface area (TPSA) is 69.9 Å². The predicted molar refractivity (Wildman–Crippen MR) is 97.5 cm³/mol. The number of carbonyl (C=O) groups excluding carboxylic acids is 1. The van der Waals surface area contributed by atoms with Gasteiger partial charge < -0.3 is 9.80 Å². The van der Waals surface area contributed by atoms with Crippen molar-refractivity contribution in [1.29, 1.82) is 0 Å². The van der Waals surface area contributed by atoms with E-state index in [-0.39, 0.29) is 29.7 Å². The normalized spacial score (nSPS) is 21.2. The Morgan fingerprint density at radius 1 is 1.21 bits per heavy atom. The van der Waals surface area contributed by atoms with Crippen LogP contribution < -0.4 is 4.90 Å². The molecule has 1 aromatic rings. The van der Waals surface area contributed by atoms with E-state index in [4.69, 9.17) is 0 Å². The van der Waals surface area contributed by atoms with Crippen LogP contribution in [-0.4, -0.2) is 72.1 Å². The van der Waals surface area contributed by atoms with Crippen LogP contribution in [0.2, 0.25) is 0 Å². The lowest BCUT2D eigenvalue weighted by molar-refractivity contribution is -0.385. The highest BCUT2D eigenvalue weighted by Gasteiger charge is 2.35. The van der Waals surface area contributed by atoms with Gasteiger partial charge in [-0.2, -0.15) is 13.2 Å². The Balaban J connectivity index is 1.80. The van der Waals surface area contributed by atoms with Crippen molar-refractivity contribution in [2.45, 2.75) is 32.0 Å². The Bertz CT molecular complexity index is 750. The number of hydrogen-bond donors (Lipinski definition) is 0. The van der Waals surface area contributed by atoms with E-state index in [9.17, 15) is 28.1 Å². The van der Waals surface area contributed by atoms with Gasteiger partial charge in [0.15, 0.2) is 0 Å². The zero-order chi connectivity index (χ0) is 20.5. The van der Waals surface area contributed by atoms with Gasteiger partial charge in [-0.05, 0) is 31.9 Å². The van der Waals surface area contributed by atoms with Crippen molar-refractivity contribution in [2.75, 3.05) is 44.2 Å². The molecule has 2 fully saturated rings. The summed E-state index contributed by atoms with van der Waals surface area (Å²) in [5, 5.41) is 11.4. The van der Waals surface area contributed by atoms with Crippen molar-refractivity contribution >= 4 is 17.3 Å². The van der Waals surface area contributed by atoms with Gasteiger partial charge in [0.25, 0.3) is 11.6 Å². The van der Waals surface area contributed by atoms with Gasteiger partial charge in [0.1, 0.15) is 5.56 Å². The number of benzene rings is 1. The number of hydrogen-bond acceptors (Lipinski definition) is 5. The molecule has 0 spiro atoms. The molecule has 28 heavy (non-hydrogen) atoms. The quantitative estimate of drug-likeness (QED) is 0.574. The van der Waals surface area contributed by atoms with E-state index in [1.54, 1.807) is 17.9 Å². The van der Waals surface area contributed by atoms with Gasteiger partial charge in [-0.25, -0.2) is 0 Å². The van der Waals surface area contributed by atoms with Crippen LogP contribution in [0.5, 0.6) is 0 Å². The first kappa shape index (κ1) is 20.4. The highest BCUT2D eigenvalue weighted by Crippen LogP contribution is 2.29. The van der Waals surface area contributed by atoms with Gasteiger partial charge in [-0.15, -0.1) is 0 Å². The SMILES string of the molecule is CC1CN(c2ccc([N+](=O)[O-])c(C(=O)N3CCCC3)c2)CCN1CC(F)(F)F. The molecule has 0 aliphatic carbocycles. The lowest BCUT2D eigenvalue weighted by Gasteiger charge is -2.41. The smallest absolute Gasteiger partial charge is 0.369 e. The van der Waals surface area contributed by atoms with Crippen LogP contribution in [0.4, 0.5) is 24.5 Å². The molecular weight excluding hydrogens is 377 g/mol. The Kier molecular flexibility index (Phi) is 5.78. The van der Waals surface area contributed by atoms with Crippen molar-refractivity contribution in [3.63, 3.8) is 0 Å². The van der Waals surface area contributed by atoms with Crippen LogP contribution in [0, 0.1) is 10.1 Å². The van der Waals surface area contributed by atoms with E-state index >= 15 is 0 Å². The van der Waals surface area contributed by atoms with Crippen molar-refractivity contribution in [1.82, 2.24) is 9.80 Å². The number of nitrogens with zero attached hydrogens (tertiary/aromatic N) is 4. The van der Waals surface area contributed by atoms with Crippen LogP contribution in [0.25, 0.3) is 0 Å². The number of rotatable bonds is 4. The third-order valence-corrected chi connectivity index (χ3v) is 5.31. The molecule has 10 heteroatoms. The van der Waals surface area contributed by atoms with Gasteiger partial charge in [-0.1, -0.05) is 0 Å². The predicted octanol–water partition coefficient (Wildman–Crippen LogP) is 2.90. The molecule has 7 nitrogen and oxygen atoms in total. The number of anilines is 1. The summed E-state index contributed by atoms with van der Waals surface area (Å²) >= 11 is 0. The number of alkyl halides is 3. The average molecular weight is 400 g/mol. The largest absolute Gasteiger partial charge is 0.401 e. The van der Waals surface area contributed by atoms with E-state index in [1.165, 1.54) is 17.0 Å². The van der Waals surface area contributed by atoms with Crippen LogP contribution >= 0.6 is 0 Å². The number of amides is 1. The summed E-state index contributed by atoms with van der Waals surface area (Å²) < 4.78 is 38.0. The van der Waals surface area contributed by atoms with Crippen LogP contribution in [-0.2, 0) is 0 Å². The first-order valence-electron chi connectivity index (χ1n) is 9.29. The molecule has 1 atom stereocenters. The molecule has 2 saturated heterocycles. The fourth-order valence-electron chi connectivity index (χ4n) is 3.84. The molecule has 0 radical (unpaired) electrons. The molecule has 2 aliphatic rings. The summed E-state index contributed by atoms with van der Waals surface area (Å²) in [6.45, 7) is 2.86. The average Bonchev–Trinajstić information content (AvgIpc) is 3.16. The first-order valence-corrected chi connectivity index (χ1v) is 9.29. The molecular formula is C18H23F3N4O3. The summed E-state index contributed by atoms with van der Waals surface area (Å²) in [5.41, 5.74) is 0.408. The summed E-state index contributed by atoms with van der Waals surface area (Å²) in [7, 11) is 0. The second-order valence-corrected chi connectivity index (χ2v) is 7.34. The summed E-state index contributed by atoms with van der Waals surface area (Å²) in [5.74, 6) is -0.366. The molecule has 1 aromatic carbocycles. The molecule has 154 valence electrons. The molecule has 1 unspecified atom stereocenters. The van der Waals surface area contributed by atoms with Gasteiger partial charge in [0.05, 0.1) is 11.5 Å². The molecule has 0 N–H and O–H groups in total. The van der Waals surface area contributed by atoms with Crippen molar-refractivity contribution in [2.24, 2.45) is 0 Å². The second kappa shape index (κ2) is 7.94. The Morgan fingerprint density at radius 2 is 1.89 bits per heavy atom. The fourth-order valence-corrected chi connectivity index (χ4v) is 3.84. The van der Waals surface area contributed by atoms with Crippen molar-refractivity contribution in [3.8, 4) is 0 Å². The third-order valence-electron chi connectivity index (χ3n) is 5.31. The van der Waals surface area contributed by atoms with Gasteiger partial charge in [-0.3, -0.25) is 19.8 Å². The number of likely N-dealkylation sites (tertiary alicyclic amines) is 1. The molecule has 1 amide bonds. The lowest BCUT2D eigenvalue weighted by Crippen LogP contribution is -2.54. The minimum Gasteiger partial charge on any atom is -0.369 e. The van der Waals surface area contributed by atoms with E-state index < -0.39 is 17.6 Å². The Morgan fingerprint density at radius 3 is 2.46 bits per heavy atom. The van der Waals surface area contributed by atoms with E-state index in [0.29, 0.717) is 31.9 Å². The molecule has 0 aromatic heterocycles. The summed E-state index contributed by atoms with van der Waals surface area (Å²) in [6.07, 6.45) is -2.51. The first-order chi connectivity index (χ1) is 13.2. The third kappa shape index (κ3) is 4.54. The minimum absolute atomic E-state index is 0.0368. The van der Waals surface area contributed by atoms with Crippen LogP contribution in [0.15, 0.2) is 18.2 Å². The molecule has 2 aliphatic heterocycles. The number of carbonyl (C=O) groups is 1. The van der Waals surface area contributed by atoms with Crippen molar-refractivity contribution in [3.05, 3.63) is 33.9 Å². The van der Waals surface area contributed by atoms with Gasteiger partial charge in [0, 0.05) is 50.5 Å². The zero-order valence-corrected chi connectivity index (χ0v) is 15.6.